The topological polar surface area (TPSA) is 70.5 Å². The lowest BCUT2D eigenvalue weighted by Crippen LogP contribution is -2.38. The number of aromatic nitrogens is 1. The van der Waals surface area contributed by atoms with Crippen molar-refractivity contribution in [1.29, 1.82) is 0 Å². The second-order valence-electron chi connectivity index (χ2n) is 5.90. The second kappa shape index (κ2) is 7.73. The van der Waals surface area contributed by atoms with Crippen LogP contribution in [0.2, 0.25) is 0 Å². The third kappa shape index (κ3) is 4.19. The highest BCUT2D eigenvalue weighted by molar-refractivity contribution is 5.95. The Morgan fingerprint density at radius 2 is 1.88 bits per heavy atom. The number of hydrogen-bond acceptors (Lipinski definition) is 3. The summed E-state index contributed by atoms with van der Waals surface area (Å²) in [7, 11) is 1.74. The number of nitrogens with zero attached hydrogens (tertiary/aromatic N) is 2. The normalized spacial score (nSPS) is 11.8. The average Bonchev–Trinajstić information content (AvgIpc) is 2.60. The van der Waals surface area contributed by atoms with Gasteiger partial charge in [0.2, 0.25) is 0 Å². The average molecular weight is 326 g/mol. The van der Waals surface area contributed by atoms with Gasteiger partial charge in [-0.15, -0.1) is 0 Å². The summed E-state index contributed by atoms with van der Waals surface area (Å²) in [6.07, 6.45) is 2.90. The van der Waals surface area contributed by atoms with Crippen molar-refractivity contribution in [3.8, 4) is 0 Å². The van der Waals surface area contributed by atoms with Crippen molar-refractivity contribution in [1.82, 2.24) is 9.88 Å². The molecular weight excluding hydrogens is 304 g/mol. The SMILES string of the molecule is CCC(Cc1ccc(C)cc1)N(C)C(=O)c1cc(C(=O)O)ccn1. The summed E-state index contributed by atoms with van der Waals surface area (Å²) < 4.78 is 0. The second-order valence-corrected chi connectivity index (χ2v) is 5.90. The zero-order valence-electron chi connectivity index (χ0n) is 14.2. The van der Waals surface area contributed by atoms with Crippen molar-refractivity contribution in [3.05, 3.63) is 65.0 Å². The Labute approximate surface area is 142 Å². The number of carbonyl (C=O) groups excluding carboxylic acids is 1. The molecule has 0 bridgehead atoms. The van der Waals surface area contributed by atoms with Crippen LogP contribution in [0.25, 0.3) is 0 Å². The molecule has 0 aliphatic carbocycles. The lowest BCUT2D eigenvalue weighted by molar-refractivity contribution is 0.0696. The first kappa shape index (κ1) is 17.7. The number of benzene rings is 1. The molecule has 1 heterocycles. The summed E-state index contributed by atoms with van der Waals surface area (Å²) in [5.41, 5.74) is 2.58. The molecule has 1 unspecified atom stereocenters. The molecule has 0 aliphatic heterocycles. The van der Waals surface area contributed by atoms with E-state index in [-0.39, 0.29) is 23.2 Å². The minimum Gasteiger partial charge on any atom is -0.478 e. The van der Waals surface area contributed by atoms with Crippen LogP contribution in [0.15, 0.2) is 42.6 Å². The minimum absolute atomic E-state index is 0.0236. The summed E-state index contributed by atoms with van der Waals surface area (Å²) >= 11 is 0. The van der Waals surface area contributed by atoms with Gasteiger partial charge >= 0.3 is 5.97 Å². The van der Waals surface area contributed by atoms with E-state index in [1.54, 1.807) is 11.9 Å². The molecule has 1 N–H and O–H groups in total. The van der Waals surface area contributed by atoms with Crippen LogP contribution in [-0.4, -0.2) is 40.0 Å². The van der Waals surface area contributed by atoms with Gasteiger partial charge in [0.1, 0.15) is 5.69 Å². The number of amides is 1. The molecule has 1 aromatic carbocycles. The summed E-state index contributed by atoms with van der Waals surface area (Å²) in [6, 6.07) is 11.0. The number of carboxylic acids is 1. The zero-order chi connectivity index (χ0) is 17.7. The van der Waals surface area contributed by atoms with Crippen LogP contribution in [0.3, 0.4) is 0 Å². The van der Waals surface area contributed by atoms with Crippen LogP contribution in [0, 0.1) is 6.92 Å². The highest BCUT2D eigenvalue weighted by Gasteiger charge is 2.22. The summed E-state index contributed by atoms with van der Waals surface area (Å²) in [6.45, 7) is 4.07. The Morgan fingerprint density at radius 1 is 1.21 bits per heavy atom. The van der Waals surface area contributed by atoms with Gasteiger partial charge in [0.05, 0.1) is 5.56 Å². The molecule has 0 saturated heterocycles. The predicted octanol–water partition coefficient (Wildman–Crippen LogP) is 3.18. The largest absolute Gasteiger partial charge is 0.478 e. The molecule has 0 saturated carbocycles. The van der Waals surface area contributed by atoms with E-state index in [0.29, 0.717) is 0 Å². The molecule has 5 heteroatoms. The number of rotatable bonds is 6. The number of hydrogen-bond donors (Lipinski definition) is 1. The summed E-state index contributed by atoms with van der Waals surface area (Å²) in [4.78, 5) is 29.4. The van der Waals surface area contributed by atoms with E-state index in [1.165, 1.54) is 29.5 Å². The van der Waals surface area contributed by atoms with Gasteiger partial charge in [-0.1, -0.05) is 36.8 Å². The first-order valence-corrected chi connectivity index (χ1v) is 7.94. The molecule has 0 fully saturated rings. The molecule has 1 atom stereocenters. The van der Waals surface area contributed by atoms with Gasteiger partial charge < -0.3 is 10.0 Å². The molecule has 0 aliphatic rings. The van der Waals surface area contributed by atoms with E-state index < -0.39 is 5.97 Å². The molecule has 5 nitrogen and oxygen atoms in total. The third-order valence-corrected chi connectivity index (χ3v) is 4.16. The molecule has 1 aromatic heterocycles. The molecule has 0 spiro atoms. The minimum atomic E-state index is -1.07. The van der Waals surface area contributed by atoms with Crippen LogP contribution < -0.4 is 0 Å². The van der Waals surface area contributed by atoms with Crippen LogP contribution in [0.5, 0.6) is 0 Å². The molecular formula is C19H22N2O3. The smallest absolute Gasteiger partial charge is 0.335 e. The fraction of sp³-hybridized carbons (Fsp3) is 0.316. The molecule has 0 radical (unpaired) electrons. The highest BCUT2D eigenvalue weighted by atomic mass is 16.4. The number of carboxylic acid groups (broad SMARTS) is 1. The molecule has 126 valence electrons. The maximum Gasteiger partial charge on any atom is 0.335 e. The number of aryl methyl sites for hydroxylation is 1. The maximum absolute atomic E-state index is 12.6. The van der Waals surface area contributed by atoms with Crippen molar-refractivity contribution >= 4 is 11.9 Å². The van der Waals surface area contributed by atoms with Crippen molar-refractivity contribution < 1.29 is 14.7 Å². The number of pyridine rings is 1. The predicted molar refractivity (Wildman–Crippen MR) is 92.3 cm³/mol. The zero-order valence-corrected chi connectivity index (χ0v) is 14.2. The summed E-state index contributed by atoms with van der Waals surface area (Å²) in [5, 5.41) is 9.05. The first-order valence-electron chi connectivity index (χ1n) is 7.94. The number of likely N-dealkylation sites (N-methyl/N-ethyl adjacent to an activating group) is 1. The van der Waals surface area contributed by atoms with E-state index in [9.17, 15) is 9.59 Å². The van der Waals surface area contributed by atoms with Gasteiger partial charge in [-0.25, -0.2) is 4.79 Å². The van der Waals surface area contributed by atoms with E-state index in [0.717, 1.165) is 12.8 Å². The van der Waals surface area contributed by atoms with Crippen LogP contribution in [0.1, 0.15) is 45.3 Å². The molecule has 2 rings (SSSR count). The molecule has 1 amide bonds. The first-order chi connectivity index (χ1) is 11.4. The molecule has 2 aromatic rings. The van der Waals surface area contributed by atoms with Gasteiger partial charge in [0.15, 0.2) is 0 Å². The van der Waals surface area contributed by atoms with E-state index in [2.05, 4.69) is 29.2 Å². The molecule has 24 heavy (non-hydrogen) atoms. The Balaban J connectivity index is 2.16. The van der Waals surface area contributed by atoms with Gasteiger partial charge in [0, 0.05) is 19.3 Å². The Morgan fingerprint density at radius 3 is 2.46 bits per heavy atom. The van der Waals surface area contributed by atoms with Crippen LogP contribution in [0.4, 0.5) is 0 Å². The monoisotopic (exact) mass is 326 g/mol. The lowest BCUT2D eigenvalue weighted by atomic mass is 10.0. The fourth-order valence-corrected chi connectivity index (χ4v) is 2.58. The number of carbonyl (C=O) groups is 2. The van der Waals surface area contributed by atoms with Crippen molar-refractivity contribution in [2.45, 2.75) is 32.7 Å². The Kier molecular flexibility index (Phi) is 5.68. The van der Waals surface area contributed by atoms with E-state index in [4.69, 9.17) is 5.11 Å². The maximum atomic E-state index is 12.6. The van der Waals surface area contributed by atoms with Gasteiger partial charge in [-0.2, -0.15) is 0 Å². The van der Waals surface area contributed by atoms with E-state index in [1.807, 2.05) is 13.8 Å². The van der Waals surface area contributed by atoms with Crippen molar-refractivity contribution in [2.24, 2.45) is 0 Å². The Hall–Kier alpha value is -2.69. The quantitative estimate of drug-likeness (QED) is 0.885. The summed E-state index contributed by atoms with van der Waals surface area (Å²) in [5.74, 6) is -1.34. The van der Waals surface area contributed by atoms with Gasteiger partial charge in [0.25, 0.3) is 5.91 Å². The van der Waals surface area contributed by atoms with Crippen LogP contribution >= 0.6 is 0 Å². The van der Waals surface area contributed by atoms with Gasteiger partial charge in [-0.3, -0.25) is 9.78 Å². The highest BCUT2D eigenvalue weighted by Crippen LogP contribution is 2.15. The van der Waals surface area contributed by atoms with E-state index >= 15 is 0 Å². The standard InChI is InChI=1S/C19H22N2O3/c1-4-16(11-14-7-5-13(2)6-8-14)21(3)18(22)17-12-15(19(23)24)9-10-20-17/h5-10,12,16H,4,11H2,1-3H3,(H,23,24). The van der Waals surface area contributed by atoms with Crippen molar-refractivity contribution in [2.75, 3.05) is 7.05 Å². The van der Waals surface area contributed by atoms with Crippen LogP contribution in [-0.2, 0) is 6.42 Å². The fourth-order valence-electron chi connectivity index (χ4n) is 2.58. The number of aromatic carboxylic acids is 1. The Bertz CT molecular complexity index is 726. The van der Waals surface area contributed by atoms with Gasteiger partial charge in [-0.05, 0) is 37.5 Å². The van der Waals surface area contributed by atoms with Crippen molar-refractivity contribution in [3.63, 3.8) is 0 Å². The third-order valence-electron chi connectivity index (χ3n) is 4.16. The lowest BCUT2D eigenvalue weighted by Gasteiger charge is -2.27.